The van der Waals surface area contributed by atoms with Gasteiger partial charge in [0.05, 0.1) is 6.61 Å². The quantitative estimate of drug-likeness (QED) is 0.418. The Morgan fingerprint density at radius 3 is 2.59 bits per heavy atom. The first-order chi connectivity index (χ1) is 12.6. The summed E-state index contributed by atoms with van der Waals surface area (Å²) in [5, 5.41) is 10.7. The summed E-state index contributed by atoms with van der Waals surface area (Å²) in [7, 11) is 1.57. The zero-order chi connectivity index (χ0) is 20.6. The number of halogens is 3. The summed E-state index contributed by atoms with van der Waals surface area (Å²) >= 11 is 0. The summed E-state index contributed by atoms with van der Waals surface area (Å²) in [4.78, 5) is 23.2. The molecule has 0 aromatic carbocycles. The molecule has 1 amide bonds. The van der Waals surface area contributed by atoms with E-state index < -0.39 is 31.2 Å². The van der Waals surface area contributed by atoms with Gasteiger partial charge in [-0.25, -0.2) is 4.79 Å². The van der Waals surface area contributed by atoms with Crippen molar-refractivity contribution in [2.75, 3.05) is 26.9 Å². The Balaban J connectivity index is 2.79. The molecule has 0 spiro atoms. The van der Waals surface area contributed by atoms with Crippen molar-refractivity contribution in [1.82, 2.24) is 9.88 Å². The topological polar surface area (TPSA) is 93.3 Å². The number of nitrogens with zero attached hydrogens (tertiary/aromatic N) is 2. The van der Waals surface area contributed by atoms with Gasteiger partial charge in [-0.1, -0.05) is 0 Å². The largest absolute Gasteiger partial charge is 0.451 e. The number of carbonyl (C=O) groups is 2. The van der Waals surface area contributed by atoms with Gasteiger partial charge >= 0.3 is 12.1 Å². The van der Waals surface area contributed by atoms with Gasteiger partial charge in [-0.15, -0.1) is 0 Å². The molecule has 1 N–H and O–H groups in total. The monoisotopic (exact) mass is 387 g/mol. The SMILES string of the molecule is COCCn1c(C)cc(/C=C(\C#N)C(=O)OCC(=O)NCC(F)(F)F)c1C. The first-order valence-electron chi connectivity index (χ1n) is 7.87. The minimum atomic E-state index is -4.57. The van der Waals surface area contributed by atoms with E-state index in [1.54, 1.807) is 31.5 Å². The number of rotatable bonds is 8. The smallest absolute Gasteiger partial charge is 0.405 e. The highest BCUT2D eigenvalue weighted by Gasteiger charge is 2.28. The molecule has 0 aliphatic carbocycles. The fourth-order valence-electron chi connectivity index (χ4n) is 2.25. The van der Waals surface area contributed by atoms with Gasteiger partial charge in [-0.2, -0.15) is 18.4 Å². The molecule has 0 fully saturated rings. The van der Waals surface area contributed by atoms with Gasteiger partial charge in [0.15, 0.2) is 6.61 Å². The molecule has 27 heavy (non-hydrogen) atoms. The number of aromatic nitrogens is 1. The lowest BCUT2D eigenvalue weighted by Gasteiger charge is -2.09. The fourth-order valence-corrected chi connectivity index (χ4v) is 2.25. The third-order valence-corrected chi connectivity index (χ3v) is 3.59. The lowest BCUT2D eigenvalue weighted by molar-refractivity contribution is -0.148. The van der Waals surface area contributed by atoms with Crippen molar-refractivity contribution in [3.63, 3.8) is 0 Å². The molecule has 0 saturated carbocycles. The molecule has 148 valence electrons. The van der Waals surface area contributed by atoms with Gasteiger partial charge < -0.3 is 19.4 Å². The molecule has 0 aliphatic heterocycles. The van der Waals surface area contributed by atoms with E-state index >= 15 is 0 Å². The highest BCUT2D eigenvalue weighted by molar-refractivity contribution is 5.99. The van der Waals surface area contributed by atoms with Crippen LogP contribution in [0.2, 0.25) is 0 Å². The maximum atomic E-state index is 12.0. The number of nitrogens with one attached hydrogen (secondary N) is 1. The van der Waals surface area contributed by atoms with Gasteiger partial charge in [-0.05, 0) is 31.6 Å². The second kappa shape index (κ2) is 9.78. The van der Waals surface area contributed by atoms with E-state index in [-0.39, 0.29) is 5.57 Å². The Labute approximate surface area is 154 Å². The molecule has 1 heterocycles. The maximum absolute atomic E-state index is 12.0. The molecule has 0 aliphatic rings. The highest BCUT2D eigenvalue weighted by Crippen LogP contribution is 2.18. The summed E-state index contributed by atoms with van der Waals surface area (Å²) < 4.78 is 47.6. The first-order valence-corrected chi connectivity index (χ1v) is 7.87. The average molecular weight is 387 g/mol. The number of hydrogen-bond acceptors (Lipinski definition) is 5. The molecule has 1 rings (SSSR count). The van der Waals surface area contributed by atoms with Gasteiger partial charge in [0, 0.05) is 25.0 Å². The number of nitriles is 1. The molecule has 0 bridgehead atoms. The number of hydrogen-bond donors (Lipinski definition) is 1. The molecule has 1 aromatic heterocycles. The molecule has 0 atom stereocenters. The zero-order valence-corrected chi connectivity index (χ0v) is 15.1. The number of ether oxygens (including phenoxy) is 2. The Morgan fingerprint density at radius 2 is 2.04 bits per heavy atom. The van der Waals surface area contributed by atoms with E-state index in [0.717, 1.165) is 11.4 Å². The van der Waals surface area contributed by atoms with E-state index in [4.69, 9.17) is 10.00 Å². The van der Waals surface area contributed by atoms with Crippen LogP contribution in [0.4, 0.5) is 13.2 Å². The Bertz CT molecular complexity index is 761. The number of esters is 1. The van der Waals surface area contributed by atoms with Crippen LogP contribution in [0.5, 0.6) is 0 Å². The molecular weight excluding hydrogens is 367 g/mol. The summed E-state index contributed by atoms with van der Waals surface area (Å²) in [6.07, 6.45) is -3.26. The standard InChI is InChI=1S/C17H20F3N3O4/c1-11-6-13(12(2)23(11)4-5-26-3)7-14(8-21)16(25)27-9-15(24)22-10-17(18,19)20/h6-7H,4-5,9-10H2,1-3H3,(H,22,24)/b14-7+. The van der Waals surface area contributed by atoms with Gasteiger partial charge in [0.1, 0.15) is 18.2 Å². The van der Waals surface area contributed by atoms with Gasteiger partial charge in [0.25, 0.3) is 5.91 Å². The van der Waals surface area contributed by atoms with Crippen LogP contribution in [0.15, 0.2) is 11.6 Å². The number of alkyl halides is 3. The van der Waals surface area contributed by atoms with E-state index in [9.17, 15) is 22.8 Å². The van der Waals surface area contributed by atoms with Crippen molar-refractivity contribution >= 4 is 18.0 Å². The van der Waals surface area contributed by atoms with Gasteiger partial charge in [0.2, 0.25) is 0 Å². The molecule has 1 aromatic rings. The average Bonchev–Trinajstić information content (AvgIpc) is 2.86. The summed E-state index contributed by atoms with van der Waals surface area (Å²) in [6.45, 7) is 2.29. The fraction of sp³-hybridized carbons (Fsp3) is 0.471. The van der Waals surface area contributed by atoms with E-state index in [1.165, 1.54) is 6.08 Å². The van der Waals surface area contributed by atoms with E-state index in [1.807, 2.05) is 11.5 Å². The highest BCUT2D eigenvalue weighted by atomic mass is 19.4. The van der Waals surface area contributed by atoms with Crippen molar-refractivity contribution in [2.45, 2.75) is 26.6 Å². The second-order valence-corrected chi connectivity index (χ2v) is 5.61. The lowest BCUT2D eigenvalue weighted by atomic mass is 10.1. The van der Waals surface area contributed by atoms with Crippen LogP contribution in [0, 0.1) is 25.2 Å². The van der Waals surface area contributed by atoms with Crippen molar-refractivity contribution in [2.24, 2.45) is 0 Å². The van der Waals surface area contributed by atoms with Crippen LogP contribution >= 0.6 is 0 Å². The molecule has 0 unspecified atom stereocenters. The number of carbonyl (C=O) groups excluding carboxylic acids is 2. The Morgan fingerprint density at radius 1 is 1.37 bits per heavy atom. The second-order valence-electron chi connectivity index (χ2n) is 5.61. The van der Waals surface area contributed by atoms with Crippen molar-refractivity contribution < 1.29 is 32.2 Å². The molecule has 0 saturated heterocycles. The zero-order valence-electron chi connectivity index (χ0n) is 15.1. The van der Waals surface area contributed by atoms with Crippen molar-refractivity contribution in [3.8, 4) is 6.07 Å². The van der Waals surface area contributed by atoms with E-state index in [2.05, 4.69) is 4.74 Å². The first kappa shape index (κ1) is 22.2. The van der Waals surface area contributed by atoms with Crippen LogP contribution in [0.25, 0.3) is 6.08 Å². The Hall–Kier alpha value is -2.80. The van der Waals surface area contributed by atoms with Crippen LogP contribution in [-0.2, 0) is 25.6 Å². The third-order valence-electron chi connectivity index (χ3n) is 3.59. The summed E-state index contributed by atoms with van der Waals surface area (Å²) in [5.74, 6) is -2.21. The van der Waals surface area contributed by atoms with Crippen LogP contribution in [-0.4, -0.2) is 49.5 Å². The Kier molecular flexibility index (Phi) is 8.05. The third kappa shape index (κ3) is 7.15. The van der Waals surface area contributed by atoms with Crippen LogP contribution in [0.3, 0.4) is 0 Å². The van der Waals surface area contributed by atoms with Crippen molar-refractivity contribution in [3.05, 3.63) is 28.6 Å². The number of methoxy groups -OCH3 is 1. The van der Waals surface area contributed by atoms with E-state index in [0.29, 0.717) is 18.7 Å². The number of aryl methyl sites for hydroxylation is 1. The normalized spacial score (nSPS) is 11.8. The predicted octanol–water partition coefficient (Wildman–Crippen LogP) is 1.88. The predicted molar refractivity (Wildman–Crippen MR) is 89.4 cm³/mol. The lowest BCUT2D eigenvalue weighted by Crippen LogP contribution is -2.36. The van der Waals surface area contributed by atoms with Crippen LogP contribution < -0.4 is 5.32 Å². The minimum Gasteiger partial charge on any atom is -0.451 e. The van der Waals surface area contributed by atoms with Crippen LogP contribution in [0.1, 0.15) is 17.0 Å². The maximum Gasteiger partial charge on any atom is 0.405 e. The molecule has 10 heteroatoms. The van der Waals surface area contributed by atoms with Crippen molar-refractivity contribution in [1.29, 1.82) is 5.26 Å². The summed E-state index contributed by atoms with van der Waals surface area (Å²) in [6, 6.07) is 3.44. The molecule has 7 nitrogen and oxygen atoms in total. The molecular formula is C17H20F3N3O4. The minimum absolute atomic E-state index is 0.370. The molecule has 0 radical (unpaired) electrons. The van der Waals surface area contributed by atoms with Gasteiger partial charge in [-0.3, -0.25) is 4.79 Å². The number of amides is 1. The summed E-state index contributed by atoms with van der Waals surface area (Å²) in [5.41, 5.74) is 1.94.